The summed E-state index contributed by atoms with van der Waals surface area (Å²) in [5, 5.41) is 7.16. The number of rotatable bonds is 2. The molecule has 0 fully saturated rings. The standard InChI is InChI=1S/C8H8Br2N2/c9-6-2-1-3-7(10)5(6)4-8(11)12/h1-3H,4H2,(H3,11,12). The summed E-state index contributed by atoms with van der Waals surface area (Å²) in [6.07, 6.45) is 0.474. The molecule has 0 spiro atoms. The van der Waals surface area contributed by atoms with E-state index >= 15 is 0 Å². The Morgan fingerprint density at radius 2 is 1.83 bits per heavy atom. The van der Waals surface area contributed by atoms with E-state index in [1.54, 1.807) is 0 Å². The predicted molar refractivity (Wildman–Crippen MR) is 57.5 cm³/mol. The second-order valence-corrected chi connectivity index (χ2v) is 4.11. The number of nitrogens with two attached hydrogens (primary N) is 1. The van der Waals surface area contributed by atoms with Crippen LogP contribution < -0.4 is 5.73 Å². The minimum Gasteiger partial charge on any atom is -0.387 e. The molecular weight excluding hydrogens is 284 g/mol. The van der Waals surface area contributed by atoms with Crippen LogP contribution in [0.5, 0.6) is 0 Å². The van der Waals surface area contributed by atoms with Crippen molar-refractivity contribution in [3.63, 3.8) is 0 Å². The Kier molecular flexibility index (Phi) is 3.29. The summed E-state index contributed by atoms with van der Waals surface area (Å²) in [6, 6.07) is 5.80. The zero-order chi connectivity index (χ0) is 9.14. The monoisotopic (exact) mass is 290 g/mol. The average molecular weight is 292 g/mol. The SMILES string of the molecule is N=C(N)Cc1c(Br)cccc1Br. The maximum atomic E-state index is 7.16. The lowest BCUT2D eigenvalue weighted by Gasteiger charge is -2.04. The average Bonchev–Trinajstić information content (AvgIpc) is 1.97. The molecule has 0 heterocycles. The molecule has 12 heavy (non-hydrogen) atoms. The highest BCUT2D eigenvalue weighted by Gasteiger charge is 2.04. The van der Waals surface area contributed by atoms with Crippen LogP contribution >= 0.6 is 31.9 Å². The van der Waals surface area contributed by atoms with Crippen molar-refractivity contribution >= 4 is 37.7 Å². The van der Waals surface area contributed by atoms with Crippen molar-refractivity contribution in [1.29, 1.82) is 5.41 Å². The second kappa shape index (κ2) is 4.05. The maximum absolute atomic E-state index is 7.16. The van der Waals surface area contributed by atoms with Crippen molar-refractivity contribution in [2.75, 3.05) is 0 Å². The fourth-order valence-electron chi connectivity index (χ4n) is 0.892. The van der Waals surface area contributed by atoms with E-state index in [0.29, 0.717) is 6.42 Å². The smallest absolute Gasteiger partial charge is 0.0950 e. The topological polar surface area (TPSA) is 49.9 Å². The van der Waals surface area contributed by atoms with Gasteiger partial charge >= 0.3 is 0 Å². The van der Waals surface area contributed by atoms with Gasteiger partial charge in [0, 0.05) is 15.4 Å². The zero-order valence-corrected chi connectivity index (χ0v) is 9.44. The van der Waals surface area contributed by atoms with Gasteiger partial charge in [0.2, 0.25) is 0 Å². The summed E-state index contributed by atoms with van der Waals surface area (Å²) >= 11 is 6.79. The van der Waals surface area contributed by atoms with E-state index in [1.165, 1.54) is 0 Å². The lowest BCUT2D eigenvalue weighted by atomic mass is 10.1. The number of hydrogen-bond donors (Lipinski definition) is 2. The fraction of sp³-hybridized carbons (Fsp3) is 0.125. The van der Waals surface area contributed by atoms with Crippen LogP contribution in [0.2, 0.25) is 0 Å². The van der Waals surface area contributed by atoms with E-state index in [-0.39, 0.29) is 5.84 Å². The molecule has 1 aromatic rings. The van der Waals surface area contributed by atoms with Gasteiger partial charge in [0.15, 0.2) is 0 Å². The molecule has 0 amide bonds. The summed E-state index contributed by atoms with van der Waals surface area (Å²) in [4.78, 5) is 0. The highest BCUT2D eigenvalue weighted by molar-refractivity contribution is 9.11. The zero-order valence-electron chi connectivity index (χ0n) is 6.27. The van der Waals surface area contributed by atoms with Crippen LogP contribution in [0, 0.1) is 5.41 Å². The van der Waals surface area contributed by atoms with Crippen LogP contribution in [0.25, 0.3) is 0 Å². The fourth-order valence-corrected chi connectivity index (χ4v) is 2.17. The van der Waals surface area contributed by atoms with E-state index in [0.717, 1.165) is 14.5 Å². The molecule has 0 saturated heterocycles. The van der Waals surface area contributed by atoms with E-state index in [9.17, 15) is 0 Å². The van der Waals surface area contributed by atoms with Gasteiger partial charge < -0.3 is 5.73 Å². The third-order valence-corrected chi connectivity index (χ3v) is 2.91. The molecule has 64 valence electrons. The Bertz CT molecular complexity index is 290. The quantitative estimate of drug-likeness (QED) is 0.639. The van der Waals surface area contributed by atoms with Crippen LogP contribution in [0.4, 0.5) is 0 Å². The molecule has 0 bridgehead atoms. The van der Waals surface area contributed by atoms with Gasteiger partial charge in [0.25, 0.3) is 0 Å². The molecule has 1 rings (SSSR count). The first kappa shape index (κ1) is 9.74. The van der Waals surface area contributed by atoms with Crippen molar-refractivity contribution in [1.82, 2.24) is 0 Å². The number of hydrogen-bond acceptors (Lipinski definition) is 1. The van der Waals surface area contributed by atoms with E-state index in [4.69, 9.17) is 11.1 Å². The lowest BCUT2D eigenvalue weighted by Crippen LogP contribution is -2.13. The molecule has 0 atom stereocenters. The molecule has 0 aliphatic carbocycles. The van der Waals surface area contributed by atoms with Gasteiger partial charge in [-0.2, -0.15) is 0 Å². The Morgan fingerprint density at radius 1 is 1.33 bits per heavy atom. The third kappa shape index (κ3) is 2.32. The van der Waals surface area contributed by atoms with Crippen LogP contribution in [0.1, 0.15) is 5.56 Å². The van der Waals surface area contributed by atoms with Crippen LogP contribution in [0.15, 0.2) is 27.1 Å². The normalized spacial score (nSPS) is 9.83. The molecule has 2 nitrogen and oxygen atoms in total. The maximum Gasteiger partial charge on any atom is 0.0950 e. The number of halogens is 2. The molecule has 1 aromatic carbocycles. The molecule has 0 aliphatic rings. The summed E-state index contributed by atoms with van der Waals surface area (Å²) < 4.78 is 1.96. The Labute approximate surface area is 87.9 Å². The first-order valence-electron chi connectivity index (χ1n) is 3.37. The van der Waals surface area contributed by atoms with Gasteiger partial charge in [-0.15, -0.1) is 0 Å². The van der Waals surface area contributed by atoms with Gasteiger partial charge in [-0.25, -0.2) is 0 Å². The van der Waals surface area contributed by atoms with Gasteiger partial charge in [-0.1, -0.05) is 37.9 Å². The first-order valence-corrected chi connectivity index (χ1v) is 4.95. The van der Waals surface area contributed by atoms with E-state index in [2.05, 4.69) is 31.9 Å². The molecule has 0 unspecified atom stereocenters. The molecular formula is C8H8Br2N2. The van der Waals surface area contributed by atoms with Crippen LogP contribution in [0.3, 0.4) is 0 Å². The summed E-state index contributed by atoms with van der Waals surface area (Å²) in [6.45, 7) is 0. The Morgan fingerprint density at radius 3 is 2.25 bits per heavy atom. The predicted octanol–water partition coefficient (Wildman–Crippen LogP) is 2.69. The number of amidine groups is 1. The number of nitrogens with one attached hydrogen (secondary N) is 1. The summed E-state index contributed by atoms with van der Waals surface area (Å²) in [5.41, 5.74) is 6.32. The largest absolute Gasteiger partial charge is 0.387 e. The summed E-state index contributed by atoms with van der Waals surface area (Å²) in [7, 11) is 0. The minimum absolute atomic E-state index is 0.169. The van der Waals surface area contributed by atoms with Crippen molar-refractivity contribution in [3.8, 4) is 0 Å². The van der Waals surface area contributed by atoms with Crippen LogP contribution in [-0.2, 0) is 6.42 Å². The van der Waals surface area contributed by atoms with Gasteiger partial charge in [-0.3, -0.25) is 5.41 Å². The van der Waals surface area contributed by atoms with Crippen molar-refractivity contribution in [3.05, 3.63) is 32.7 Å². The molecule has 3 N–H and O–H groups in total. The highest BCUT2D eigenvalue weighted by Crippen LogP contribution is 2.25. The molecule has 0 aromatic heterocycles. The summed E-state index contributed by atoms with van der Waals surface area (Å²) in [5.74, 6) is 0.169. The van der Waals surface area contributed by atoms with E-state index in [1.807, 2.05) is 18.2 Å². The Balaban J connectivity index is 3.04. The van der Waals surface area contributed by atoms with Crippen LogP contribution in [-0.4, -0.2) is 5.84 Å². The molecule has 0 saturated carbocycles. The molecule has 4 heteroatoms. The van der Waals surface area contributed by atoms with E-state index < -0.39 is 0 Å². The van der Waals surface area contributed by atoms with Crippen molar-refractivity contribution in [2.24, 2.45) is 5.73 Å². The second-order valence-electron chi connectivity index (χ2n) is 2.40. The number of benzene rings is 1. The van der Waals surface area contributed by atoms with Gasteiger partial charge in [0.1, 0.15) is 0 Å². The first-order chi connectivity index (χ1) is 5.61. The lowest BCUT2D eigenvalue weighted by molar-refractivity contribution is 1.22. The molecule has 0 radical (unpaired) electrons. The van der Waals surface area contributed by atoms with Gasteiger partial charge in [-0.05, 0) is 17.7 Å². The van der Waals surface area contributed by atoms with Crippen molar-refractivity contribution in [2.45, 2.75) is 6.42 Å². The van der Waals surface area contributed by atoms with Crippen molar-refractivity contribution < 1.29 is 0 Å². The third-order valence-electron chi connectivity index (χ3n) is 1.43. The minimum atomic E-state index is 0.169. The molecule has 0 aliphatic heterocycles. The highest BCUT2D eigenvalue weighted by atomic mass is 79.9. The van der Waals surface area contributed by atoms with Gasteiger partial charge in [0.05, 0.1) is 5.84 Å². The Hall–Kier alpha value is -0.350.